The molecule has 1 aliphatic heterocycles. The van der Waals surface area contributed by atoms with Crippen molar-refractivity contribution in [3.05, 3.63) is 30.0 Å². The summed E-state index contributed by atoms with van der Waals surface area (Å²) in [6, 6.07) is 6.99. The fourth-order valence-corrected chi connectivity index (χ4v) is 2.96. The van der Waals surface area contributed by atoms with Crippen LogP contribution < -0.4 is 10.1 Å². The maximum Gasteiger partial charge on any atom is 0.133 e. The van der Waals surface area contributed by atoms with Crippen LogP contribution in [0.2, 0.25) is 0 Å². The lowest BCUT2D eigenvalue weighted by Crippen LogP contribution is -2.27. The molecule has 0 spiro atoms. The number of nitrogens with one attached hydrogen (secondary N) is 1. The number of piperidine rings is 1. The quantitative estimate of drug-likeness (QED) is 0.879. The first-order valence-corrected chi connectivity index (χ1v) is 6.66. The Labute approximate surface area is 108 Å². The molecule has 0 amide bonds. The molecule has 18 heavy (non-hydrogen) atoms. The van der Waals surface area contributed by atoms with Crippen molar-refractivity contribution in [2.24, 2.45) is 7.05 Å². The van der Waals surface area contributed by atoms with E-state index in [1.165, 1.54) is 35.7 Å². The van der Waals surface area contributed by atoms with Gasteiger partial charge in [-0.2, -0.15) is 0 Å². The first kappa shape index (κ1) is 11.6. The topological polar surface area (TPSA) is 26.2 Å². The first-order valence-electron chi connectivity index (χ1n) is 6.66. The SMILES string of the molecule is COc1c(C2CCCCN2)ccc2c1ccn2C. The van der Waals surface area contributed by atoms with Crippen LogP contribution in [0.5, 0.6) is 5.75 Å². The number of hydrogen-bond acceptors (Lipinski definition) is 2. The molecule has 0 aliphatic carbocycles. The number of hydrogen-bond donors (Lipinski definition) is 1. The van der Waals surface area contributed by atoms with Gasteiger partial charge in [-0.1, -0.05) is 12.5 Å². The predicted octanol–water partition coefficient (Wildman–Crippen LogP) is 3.00. The average molecular weight is 244 g/mol. The summed E-state index contributed by atoms with van der Waals surface area (Å²) >= 11 is 0. The van der Waals surface area contributed by atoms with Gasteiger partial charge in [-0.25, -0.2) is 0 Å². The summed E-state index contributed by atoms with van der Waals surface area (Å²) < 4.78 is 7.81. The molecule has 1 N–H and O–H groups in total. The molecule has 1 aromatic carbocycles. The zero-order valence-electron chi connectivity index (χ0n) is 11.1. The molecule has 0 radical (unpaired) electrons. The van der Waals surface area contributed by atoms with Gasteiger partial charge >= 0.3 is 0 Å². The van der Waals surface area contributed by atoms with E-state index in [-0.39, 0.29) is 0 Å². The standard InChI is InChI=1S/C15H20N2O/c1-17-10-8-12-14(17)7-6-11(15(12)18-2)13-5-3-4-9-16-13/h6-8,10,13,16H,3-5,9H2,1-2H3. The smallest absolute Gasteiger partial charge is 0.133 e. The number of nitrogens with zero attached hydrogens (tertiary/aromatic N) is 1. The Kier molecular flexibility index (Phi) is 3.00. The van der Waals surface area contributed by atoms with Crippen LogP contribution in [0, 0.1) is 0 Å². The van der Waals surface area contributed by atoms with E-state index in [1.54, 1.807) is 7.11 Å². The Hall–Kier alpha value is -1.48. The minimum atomic E-state index is 0.443. The molecule has 0 saturated carbocycles. The molecule has 1 aliphatic rings. The van der Waals surface area contributed by atoms with Crippen LogP contribution in [0.4, 0.5) is 0 Å². The van der Waals surface area contributed by atoms with Crippen molar-refractivity contribution in [3.63, 3.8) is 0 Å². The van der Waals surface area contributed by atoms with Crippen molar-refractivity contribution in [2.75, 3.05) is 13.7 Å². The zero-order valence-corrected chi connectivity index (χ0v) is 11.1. The lowest BCUT2D eigenvalue weighted by atomic mass is 9.95. The summed E-state index contributed by atoms with van der Waals surface area (Å²) in [6.07, 6.45) is 5.88. The fourth-order valence-electron chi connectivity index (χ4n) is 2.96. The van der Waals surface area contributed by atoms with Crippen molar-refractivity contribution in [1.29, 1.82) is 0 Å². The molecule has 96 valence electrons. The van der Waals surface area contributed by atoms with Gasteiger partial charge in [-0.15, -0.1) is 0 Å². The van der Waals surface area contributed by atoms with Crippen molar-refractivity contribution >= 4 is 10.9 Å². The number of benzene rings is 1. The van der Waals surface area contributed by atoms with E-state index >= 15 is 0 Å². The maximum absolute atomic E-state index is 5.67. The summed E-state index contributed by atoms with van der Waals surface area (Å²) in [7, 11) is 3.84. The Bertz CT molecular complexity index is 553. The minimum absolute atomic E-state index is 0.443. The van der Waals surface area contributed by atoms with Crippen LogP contribution in [0.3, 0.4) is 0 Å². The molecular formula is C15H20N2O. The molecule has 1 unspecified atom stereocenters. The molecule has 0 bridgehead atoms. The largest absolute Gasteiger partial charge is 0.496 e. The number of aryl methyl sites for hydroxylation is 1. The van der Waals surface area contributed by atoms with E-state index in [9.17, 15) is 0 Å². The molecular weight excluding hydrogens is 224 g/mol. The molecule has 1 atom stereocenters. The summed E-state index contributed by atoms with van der Waals surface area (Å²) in [6.45, 7) is 1.11. The third-order valence-electron chi connectivity index (χ3n) is 3.94. The lowest BCUT2D eigenvalue weighted by Gasteiger charge is -2.25. The van der Waals surface area contributed by atoms with Gasteiger partial charge < -0.3 is 14.6 Å². The third-order valence-corrected chi connectivity index (χ3v) is 3.94. The second kappa shape index (κ2) is 4.65. The molecule has 1 aromatic heterocycles. The summed E-state index contributed by atoms with van der Waals surface area (Å²) in [5, 5.41) is 4.81. The summed E-state index contributed by atoms with van der Waals surface area (Å²) in [4.78, 5) is 0. The van der Waals surface area contributed by atoms with E-state index in [0.717, 1.165) is 12.3 Å². The maximum atomic E-state index is 5.67. The Balaban J connectivity index is 2.10. The van der Waals surface area contributed by atoms with E-state index in [1.807, 2.05) is 0 Å². The number of ether oxygens (including phenoxy) is 1. The van der Waals surface area contributed by atoms with Gasteiger partial charge in [-0.05, 0) is 31.5 Å². The molecule has 1 fully saturated rings. The van der Waals surface area contributed by atoms with Crippen molar-refractivity contribution in [1.82, 2.24) is 9.88 Å². The first-order chi connectivity index (χ1) is 8.81. The fraction of sp³-hybridized carbons (Fsp3) is 0.467. The predicted molar refractivity (Wildman–Crippen MR) is 74.1 cm³/mol. The van der Waals surface area contributed by atoms with Gasteiger partial charge in [0.05, 0.1) is 12.6 Å². The van der Waals surface area contributed by atoms with E-state index in [2.05, 4.69) is 41.3 Å². The van der Waals surface area contributed by atoms with Crippen LogP contribution in [0.1, 0.15) is 30.9 Å². The lowest BCUT2D eigenvalue weighted by molar-refractivity contribution is 0.377. The number of aromatic nitrogens is 1. The van der Waals surface area contributed by atoms with Gasteiger partial charge in [-0.3, -0.25) is 0 Å². The molecule has 3 heteroatoms. The Morgan fingerprint density at radius 1 is 1.28 bits per heavy atom. The van der Waals surface area contributed by atoms with Crippen molar-refractivity contribution < 1.29 is 4.74 Å². The van der Waals surface area contributed by atoms with Gasteiger partial charge in [0.2, 0.25) is 0 Å². The van der Waals surface area contributed by atoms with Crippen molar-refractivity contribution in [3.8, 4) is 5.75 Å². The van der Waals surface area contributed by atoms with Gasteiger partial charge in [0.15, 0.2) is 0 Å². The second-order valence-corrected chi connectivity index (χ2v) is 5.05. The summed E-state index contributed by atoms with van der Waals surface area (Å²) in [5.74, 6) is 1.03. The van der Waals surface area contributed by atoms with Crippen LogP contribution >= 0.6 is 0 Å². The van der Waals surface area contributed by atoms with Crippen LogP contribution in [0.25, 0.3) is 10.9 Å². The van der Waals surface area contributed by atoms with E-state index in [0.29, 0.717) is 6.04 Å². The molecule has 2 aromatic rings. The highest BCUT2D eigenvalue weighted by atomic mass is 16.5. The Morgan fingerprint density at radius 2 is 2.17 bits per heavy atom. The van der Waals surface area contributed by atoms with Gasteiger partial charge in [0.25, 0.3) is 0 Å². The average Bonchev–Trinajstić information content (AvgIpc) is 2.80. The highest BCUT2D eigenvalue weighted by Gasteiger charge is 2.20. The normalized spacial score (nSPS) is 20.2. The number of fused-ring (bicyclic) bond motifs is 1. The number of rotatable bonds is 2. The van der Waals surface area contributed by atoms with Crippen LogP contribution in [-0.2, 0) is 7.05 Å². The van der Waals surface area contributed by atoms with Crippen LogP contribution in [0.15, 0.2) is 24.4 Å². The van der Waals surface area contributed by atoms with Gasteiger partial charge in [0, 0.05) is 30.2 Å². The van der Waals surface area contributed by atoms with E-state index in [4.69, 9.17) is 4.74 Å². The minimum Gasteiger partial charge on any atom is -0.496 e. The Morgan fingerprint density at radius 3 is 2.89 bits per heavy atom. The highest BCUT2D eigenvalue weighted by Crippen LogP contribution is 2.36. The number of methoxy groups -OCH3 is 1. The molecule has 2 heterocycles. The second-order valence-electron chi connectivity index (χ2n) is 5.05. The van der Waals surface area contributed by atoms with Crippen LogP contribution in [-0.4, -0.2) is 18.2 Å². The molecule has 3 nitrogen and oxygen atoms in total. The highest BCUT2D eigenvalue weighted by molar-refractivity contribution is 5.88. The van der Waals surface area contributed by atoms with E-state index < -0.39 is 0 Å². The van der Waals surface area contributed by atoms with Crippen molar-refractivity contribution in [2.45, 2.75) is 25.3 Å². The third kappa shape index (κ3) is 1.79. The van der Waals surface area contributed by atoms with Gasteiger partial charge in [0.1, 0.15) is 5.75 Å². The molecule has 3 rings (SSSR count). The zero-order chi connectivity index (χ0) is 12.5. The monoisotopic (exact) mass is 244 g/mol. The molecule has 1 saturated heterocycles. The summed E-state index contributed by atoms with van der Waals surface area (Å²) in [5.41, 5.74) is 2.53.